The van der Waals surface area contributed by atoms with Crippen LogP contribution in [-0.2, 0) is 13.1 Å². The highest BCUT2D eigenvalue weighted by atomic mass is 127. The predicted molar refractivity (Wildman–Crippen MR) is 121 cm³/mol. The summed E-state index contributed by atoms with van der Waals surface area (Å²) in [4.78, 5) is 9.31. The van der Waals surface area contributed by atoms with Gasteiger partial charge in [0.15, 0.2) is 5.96 Å². The number of aliphatic imine (C=N–C) groups is 1. The third-order valence-corrected chi connectivity index (χ3v) is 4.41. The molecule has 0 atom stereocenters. The summed E-state index contributed by atoms with van der Waals surface area (Å²) in [6, 6.07) is 8.06. The van der Waals surface area contributed by atoms with Crippen molar-refractivity contribution in [1.29, 1.82) is 0 Å². The van der Waals surface area contributed by atoms with Crippen LogP contribution in [-0.4, -0.2) is 24.1 Å². The van der Waals surface area contributed by atoms with Crippen LogP contribution in [0.15, 0.2) is 34.6 Å². The van der Waals surface area contributed by atoms with Crippen molar-refractivity contribution in [2.75, 3.05) is 13.2 Å². The fourth-order valence-electron chi connectivity index (χ4n) is 2.24. The summed E-state index contributed by atoms with van der Waals surface area (Å²) >= 11 is 1.69. The van der Waals surface area contributed by atoms with Gasteiger partial charge in [-0.15, -0.1) is 35.3 Å². The van der Waals surface area contributed by atoms with Gasteiger partial charge in [-0.25, -0.2) is 9.98 Å². The smallest absolute Gasteiger partial charge is 0.191 e. The van der Waals surface area contributed by atoms with E-state index in [4.69, 9.17) is 4.74 Å². The van der Waals surface area contributed by atoms with Gasteiger partial charge in [-0.3, -0.25) is 0 Å². The highest BCUT2D eigenvalue weighted by molar-refractivity contribution is 14.0. The Kier molecular flexibility index (Phi) is 10.6. The van der Waals surface area contributed by atoms with Gasteiger partial charge >= 0.3 is 0 Å². The van der Waals surface area contributed by atoms with E-state index in [1.54, 1.807) is 11.3 Å². The van der Waals surface area contributed by atoms with Gasteiger partial charge in [0.1, 0.15) is 10.8 Å². The van der Waals surface area contributed by atoms with Crippen molar-refractivity contribution < 1.29 is 4.74 Å². The number of rotatable bonds is 8. The molecule has 2 rings (SSSR count). The summed E-state index contributed by atoms with van der Waals surface area (Å²) in [5.41, 5.74) is 2.27. The molecule has 0 aliphatic carbocycles. The number of nitrogens with one attached hydrogen (secondary N) is 2. The molecule has 1 aromatic heterocycles. The Morgan fingerprint density at radius 1 is 1.27 bits per heavy atom. The molecule has 7 heteroatoms. The van der Waals surface area contributed by atoms with E-state index in [0.29, 0.717) is 25.6 Å². The summed E-state index contributed by atoms with van der Waals surface area (Å²) < 4.78 is 5.54. The lowest BCUT2D eigenvalue weighted by molar-refractivity contribution is 0.340. The number of aromatic nitrogens is 1. The number of benzene rings is 1. The monoisotopic (exact) mass is 488 g/mol. The lowest BCUT2D eigenvalue weighted by Gasteiger charge is -2.10. The summed E-state index contributed by atoms with van der Waals surface area (Å²) in [5.74, 6) is 2.15. The van der Waals surface area contributed by atoms with Crippen molar-refractivity contribution in [3.63, 3.8) is 0 Å². The second-order valence-corrected chi connectivity index (χ2v) is 6.89. The molecule has 0 saturated carbocycles. The Bertz CT molecular complexity index is 688. The van der Waals surface area contributed by atoms with Crippen LogP contribution in [0.2, 0.25) is 0 Å². The average molecular weight is 488 g/mol. The van der Waals surface area contributed by atoms with Crippen LogP contribution < -0.4 is 15.4 Å². The number of thiazole rings is 1. The molecule has 0 fully saturated rings. The fourth-order valence-corrected chi connectivity index (χ4v) is 3.14. The lowest BCUT2D eigenvalue weighted by Crippen LogP contribution is -2.36. The number of hydrogen-bond donors (Lipinski definition) is 2. The number of hydrogen-bond acceptors (Lipinski definition) is 4. The molecule has 0 amide bonds. The van der Waals surface area contributed by atoms with Crippen LogP contribution >= 0.6 is 35.3 Å². The number of ether oxygens (including phenoxy) is 1. The standard InChI is InChI=1S/C19H28N4OS.HI/c1-5-20-19(22-12-18-23-17(13-25-18)14(3)4)21-11-15-8-7-9-16(10-15)24-6-2;/h7-10,13-14H,5-6,11-12H2,1-4H3,(H2,20,21,22);1H. The van der Waals surface area contributed by atoms with E-state index < -0.39 is 0 Å². The second kappa shape index (κ2) is 12.1. The first-order valence-corrected chi connectivity index (χ1v) is 9.68. The minimum atomic E-state index is 0. The molecule has 0 spiro atoms. The summed E-state index contributed by atoms with van der Waals surface area (Å²) in [6.07, 6.45) is 0. The lowest BCUT2D eigenvalue weighted by atomic mass is 10.2. The van der Waals surface area contributed by atoms with Gasteiger partial charge in [0.05, 0.1) is 25.4 Å². The molecule has 2 N–H and O–H groups in total. The van der Waals surface area contributed by atoms with E-state index >= 15 is 0 Å². The Morgan fingerprint density at radius 3 is 2.73 bits per heavy atom. The first kappa shape index (κ1) is 22.7. The molecule has 1 aromatic carbocycles. The van der Waals surface area contributed by atoms with Crippen molar-refractivity contribution in [3.05, 3.63) is 45.9 Å². The summed E-state index contributed by atoms with van der Waals surface area (Å²) in [5, 5.41) is 9.84. The van der Waals surface area contributed by atoms with Gasteiger partial charge in [-0.2, -0.15) is 0 Å². The zero-order valence-electron chi connectivity index (χ0n) is 15.9. The van der Waals surface area contributed by atoms with Crippen LogP contribution in [0.4, 0.5) is 0 Å². The van der Waals surface area contributed by atoms with Crippen molar-refractivity contribution in [2.45, 2.75) is 46.7 Å². The predicted octanol–water partition coefficient (Wildman–Crippen LogP) is 4.54. The first-order chi connectivity index (χ1) is 12.1. The molecule has 0 bridgehead atoms. The average Bonchev–Trinajstić information content (AvgIpc) is 3.07. The minimum absolute atomic E-state index is 0. The molecule has 1 heterocycles. The summed E-state index contributed by atoms with van der Waals surface area (Å²) in [7, 11) is 0. The molecule has 0 aliphatic rings. The quantitative estimate of drug-likeness (QED) is 0.326. The fraction of sp³-hybridized carbons (Fsp3) is 0.474. The van der Waals surface area contributed by atoms with E-state index in [1.807, 2.05) is 25.1 Å². The zero-order chi connectivity index (χ0) is 18.1. The first-order valence-electron chi connectivity index (χ1n) is 8.80. The van der Waals surface area contributed by atoms with E-state index in [9.17, 15) is 0 Å². The van der Waals surface area contributed by atoms with Crippen LogP contribution in [0.25, 0.3) is 0 Å². The largest absolute Gasteiger partial charge is 0.494 e. The Balaban J connectivity index is 0.00000338. The normalized spacial score (nSPS) is 11.2. The molecule has 5 nitrogen and oxygen atoms in total. The maximum absolute atomic E-state index is 5.54. The number of halogens is 1. The maximum atomic E-state index is 5.54. The van der Waals surface area contributed by atoms with Crippen LogP contribution in [0.1, 0.15) is 49.9 Å². The molecular weight excluding hydrogens is 459 g/mol. The SMILES string of the molecule is CCNC(=NCc1cccc(OCC)c1)NCc1nc(C(C)C)cs1.I. The zero-order valence-corrected chi connectivity index (χ0v) is 19.1. The van der Waals surface area contributed by atoms with E-state index in [1.165, 1.54) is 0 Å². The highest BCUT2D eigenvalue weighted by Gasteiger charge is 2.06. The van der Waals surface area contributed by atoms with E-state index in [2.05, 4.69) is 52.8 Å². The molecule has 0 radical (unpaired) electrons. The Morgan fingerprint density at radius 2 is 2.08 bits per heavy atom. The second-order valence-electron chi connectivity index (χ2n) is 5.95. The van der Waals surface area contributed by atoms with Gasteiger partial charge in [0.25, 0.3) is 0 Å². The molecule has 0 saturated heterocycles. The highest BCUT2D eigenvalue weighted by Crippen LogP contribution is 2.17. The number of nitrogens with zero attached hydrogens (tertiary/aromatic N) is 2. The topological polar surface area (TPSA) is 58.5 Å². The third kappa shape index (κ3) is 7.49. The van der Waals surface area contributed by atoms with Gasteiger partial charge in [-0.1, -0.05) is 26.0 Å². The molecule has 26 heavy (non-hydrogen) atoms. The summed E-state index contributed by atoms with van der Waals surface area (Å²) in [6.45, 7) is 11.1. The van der Waals surface area contributed by atoms with Crippen LogP contribution in [0.3, 0.4) is 0 Å². The van der Waals surface area contributed by atoms with Gasteiger partial charge in [0.2, 0.25) is 0 Å². The third-order valence-electron chi connectivity index (χ3n) is 3.54. The van der Waals surface area contributed by atoms with Crippen molar-refractivity contribution in [3.8, 4) is 5.75 Å². The Labute approximate surface area is 177 Å². The van der Waals surface area contributed by atoms with Crippen molar-refractivity contribution in [2.24, 2.45) is 4.99 Å². The molecule has 0 unspecified atom stereocenters. The van der Waals surface area contributed by atoms with E-state index in [0.717, 1.165) is 34.5 Å². The van der Waals surface area contributed by atoms with Crippen LogP contribution in [0, 0.1) is 0 Å². The van der Waals surface area contributed by atoms with Crippen LogP contribution in [0.5, 0.6) is 5.75 Å². The minimum Gasteiger partial charge on any atom is -0.494 e. The molecule has 0 aliphatic heterocycles. The Hall–Kier alpha value is -1.35. The van der Waals surface area contributed by atoms with E-state index in [-0.39, 0.29) is 24.0 Å². The molecular formula is C19H29IN4OS. The van der Waals surface area contributed by atoms with Gasteiger partial charge in [0, 0.05) is 11.9 Å². The molecule has 2 aromatic rings. The van der Waals surface area contributed by atoms with Gasteiger partial charge < -0.3 is 15.4 Å². The van der Waals surface area contributed by atoms with Crippen molar-refractivity contribution >= 4 is 41.3 Å². The van der Waals surface area contributed by atoms with Gasteiger partial charge in [-0.05, 0) is 37.5 Å². The maximum Gasteiger partial charge on any atom is 0.191 e. The molecule has 144 valence electrons. The number of guanidine groups is 1. The van der Waals surface area contributed by atoms with Crippen molar-refractivity contribution in [1.82, 2.24) is 15.6 Å².